The van der Waals surface area contributed by atoms with E-state index in [1.165, 1.54) is 6.07 Å². The van der Waals surface area contributed by atoms with Gasteiger partial charge in [-0.25, -0.2) is 32.1 Å². The van der Waals surface area contributed by atoms with Crippen molar-refractivity contribution in [1.82, 2.24) is 15.6 Å². The van der Waals surface area contributed by atoms with Gasteiger partial charge >= 0.3 is 12.1 Å². The lowest BCUT2D eigenvalue weighted by molar-refractivity contribution is -0.139. The van der Waals surface area contributed by atoms with Crippen LogP contribution in [0.2, 0.25) is 5.02 Å². The molecule has 1 amide bonds. The molecule has 1 aliphatic heterocycles. The third-order valence-electron chi connectivity index (χ3n) is 6.82. The number of ether oxygens (including phenoxy) is 2. The highest BCUT2D eigenvalue weighted by atomic mass is 35.5. The van der Waals surface area contributed by atoms with Crippen LogP contribution in [-0.4, -0.2) is 41.1 Å². The molecule has 1 atom stereocenters. The van der Waals surface area contributed by atoms with Crippen molar-refractivity contribution in [3.05, 3.63) is 75.2 Å². The summed E-state index contributed by atoms with van der Waals surface area (Å²) in [4.78, 5) is 33.9. The molecule has 0 radical (unpaired) electrons. The minimum Gasteiger partial charge on any atom is -0.463 e. The Morgan fingerprint density at radius 3 is 2.40 bits per heavy atom. The van der Waals surface area contributed by atoms with Crippen LogP contribution < -0.4 is 10.6 Å². The third kappa shape index (κ3) is 7.03. The Labute approximate surface area is 245 Å². The fraction of sp³-hybridized carbons (Fsp3) is 0.448. The van der Waals surface area contributed by atoms with Gasteiger partial charge in [-0.3, -0.25) is 4.99 Å². The first-order valence-electron chi connectivity index (χ1n) is 13.5. The van der Waals surface area contributed by atoms with Crippen LogP contribution in [0, 0.1) is 29.2 Å². The Bertz CT molecular complexity index is 1440. The molecule has 42 heavy (non-hydrogen) atoms. The highest BCUT2D eigenvalue weighted by Gasteiger charge is 2.39. The van der Waals surface area contributed by atoms with Crippen LogP contribution in [0.1, 0.15) is 70.7 Å². The number of amides is 1. The first-order valence-corrected chi connectivity index (χ1v) is 13.9. The van der Waals surface area contributed by atoms with Crippen molar-refractivity contribution in [3.63, 3.8) is 0 Å². The Balaban J connectivity index is 1.76. The molecule has 13 heteroatoms. The second-order valence-electron chi connectivity index (χ2n) is 11.0. The molecule has 0 spiro atoms. The molecule has 8 nitrogen and oxygen atoms in total. The second kappa shape index (κ2) is 12.7. The number of alkyl carbamates (subject to hydrolysis) is 1. The van der Waals surface area contributed by atoms with Gasteiger partial charge in [0.1, 0.15) is 23.2 Å². The van der Waals surface area contributed by atoms with Crippen LogP contribution in [0.4, 0.5) is 22.4 Å². The largest absolute Gasteiger partial charge is 0.463 e. The number of benzene rings is 1. The lowest BCUT2D eigenvalue weighted by Crippen LogP contribution is -2.43. The molecule has 1 aliphatic carbocycles. The zero-order valence-corrected chi connectivity index (χ0v) is 24.3. The number of rotatable bonds is 6. The van der Waals surface area contributed by atoms with Crippen LogP contribution in [0.25, 0.3) is 0 Å². The van der Waals surface area contributed by atoms with Gasteiger partial charge in [-0.05, 0) is 65.4 Å². The van der Waals surface area contributed by atoms with Crippen molar-refractivity contribution < 1.29 is 36.6 Å². The number of hydrogen-bond acceptors (Lipinski definition) is 7. The van der Waals surface area contributed by atoms with Crippen molar-refractivity contribution in [2.24, 2.45) is 10.9 Å². The number of aromatic nitrogens is 1. The van der Waals surface area contributed by atoms with E-state index in [-0.39, 0.29) is 41.2 Å². The van der Waals surface area contributed by atoms with Crippen molar-refractivity contribution >= 4 is 29.5 Å². The van der Waals surface area contributed by atoms with E-state index in [0.717, 1.165) is 12.3 Å². The number of halogens is 5. The summed E-state index contributed by atoms with van der Waals surface area (Å²) in [6.45, 7) is 6.89. The van der Waals surface area contributed by atoms with Gasteiger partial charge in [-0.1, -0.05) is 17.7 Å². The fourth-order valence-corrected chi connectivity index (χ4v) is 5.26. The molecule has 2 aliphatic rings. The SMILES string of the molecule is CCOC(=O)C1=C(C2CCC(NC(=O)OC(C)(C)C)CC2)NC(c2ncc(F)cc2F)=NC1c1ccc(F)c(F)c1Cl. The van der Waals surface area contributed by atoms with Crippen LogP contribution >= 0.6 is 11.6 Å². The maximum atomic E-state index is 14.9. The Morgan fingerprint density at radius 1 is 1.10 bits per heavy atom. The summed E-state index contributed by atoms with van der Waals surface area (Å²) in [6, 6.07) is 1.13. The number of carbonyl (C=O) groups excluding carboxylic acids is 2. The molecule has 1 aromatic carbocycles. The highest BCUT2D eigenvalue weighted by molar-refractivity contribution is 6.31. The van der Waals surface area contributed by atoms with Crippen molar-refractivity contribution in [2.45, 2.75) is 71.1 Å². The molecule has 4 rings (SSSR count). The Kier molecular flexibility index (Phi) is 9.44. The lowest BCUT2D eigenvalue weighted by Gasteiger charge is -2.35. The maximum Gasteiger partial charge on any atom is 0.407 e. The fourth-order valence-electron chi connectivity index (χ4n) is 5.01. The number of carbonyl (C=O) groups is 2. The average Bonchev–Trinajstić information content (AvgIpc) is 2.90. The minimum absolute atomic E-state index is 0.00507. The Hall–Kier alpha value is -3.67. The summed E-state index contributed by atoms with van der Waals surface area (Å²) < 4.78 is 67.8. The van der Waals surface area contributed by atoms with E-state index in [9.17, 15) is 27.2 Å². The summed E-state index contributed by atoms with van der Waals surface area (Å²) in [6.07, 6.45) is 2.22. The molecule has 1 saturated carbocycles. The topological polar surface area (TPSA) is 102 Å². The summed E-state index contributed by atoms with van der Waals surface area (Å²) in [5.41, 5.74) is -0.772. The molecule has 1 aromatic heterocycles. The molecule has 0 bridgehead atoms. The van der Waals surface area contributed by atoms with Crippen molar-refractivity contribution in [1.29, 1.82) is 0 Å². The van der Waals surface area contributed by atoms with E-state index in [1.807, 2.05) is 0 Å². The van der Waals surface area contributed by atoms with Crippen LogP contribution in [0.5, 0.6) is 0 Å². The molecular formula is C29H31ClF4N4O4. The van der Waals surface area contributed by atoms with Crippen LogP contribution in [0.3, 0.4) is 0 Å². The molecule has 226 valence electrons. The molecule has 1 fully saturated rings. The van der Waals surface area contributed by atoms with Gasteiger partial charge in [-0.2, -0.15) is 0 Å². The van der Waals surface area contributed by atoms with Gasteiger partial charge < -0.3 is 20.1 Å². The maximum absolute atomic E-state index is 14.9. The summed E-state index contributed by atoms with van der Waals surface area (Å²) in [5.74, 6) is -5.76. The number of aliphatic imine (C=N–C) groups is 1. The monoisotopic (exact) mass is 610 g/mol. The first-order chi connectivity index (χ1) is 19.8. The van der Waals surface area contributed by atoms with E-state index in [4.69, 9.17) is 21.1 Å². The quantitative estimate of drug-likeness (QED) is 0.227. The summed E-state index contributed by atoms with van der Waals surface area (Å²) >= 11 is 6.20. The predicted molar refractivity (Wildman–Crippen MR) is 147 cm³/mol. The average molecular weight is 611 g/mol. The molecule has 2 heterocycles. The number of esters is 1. The van der Waals surface area contributed by atoms with E-state index in [2.05, 4.69) is 20.6 Å². The van der Waals surface area contributed by atoms with E-state index in [0.29, 0.717) is 37.4 Å². The van der Waals surface area contributed by atoms with E-state index < -0.39 is 52.0 Å². The van der Waals surface area contributed by atoms with Crippen molar-refractivity contribution in [2.75, 3.05) is 6.61 Å². The number of pyridine rings is 1. The zero-order chi connectivity index (χ0) is 30.8. The Morgan fingerprint density at radius 2 is 1.79 bits per heavy atom. The molecule has 1 unspecified atom stereocenters. The van der Waals surface area contributed by atoms with Gasteiger partial charge in [0, 0.05) is 23.4 Å². The summed E-state index contributed by atoms with van der Waals surface area (Å²) in [7, 11) is 0. The van der Waals surface area contributed by atoms with Gasteiger partial charge in [-0.15, -0.1) is 0 Å². The van der Waals surface area contributed by atoms with Gasteiger partial charge in [0.2, 0.25) is 0 Å². The highest BCUT2D eigenvalue weighted by Crippen LogP contribution is 2.41. The normalized spacial score (nSPS) is 20.9. The van der Waals surface area contributed by atoms with E-state index in [1.54, 1.807) is 27.7 Å². The van der Waals surface area contributed by atoms with Gasteiger partial charge in [0.15, 0.2) is 23.3 Å². The number of amidine groups is 1. The third-order valence-corrected chi connectivity index (χ3v) is 7.20. The lowest BCUT2D eigenvalue weighted by atomic mass is 9.80. The second-order valence-corrected chi connectivity index (χ2v) is 11.4. The standard InChI is InChI=1S/C29H31ClF4N4O4/c1-5-41-27(39)20-23(14-6-8-16(9-7-14)36-28(40)42-29(2,3)4)37-26(25-19(33)12-15(31)13-35-25)38-24(20)17-10-11-18(32)22(34)21(17)30/h10-14,16,24H,5-9H2,1-4H3,(H,36,40)(H,37,38). The summed E-state index contributed by atoms with van der Waals surface area (Å²) in [5, 5.41) is 5.25. The van der Waals surface area contributed by atoms with Gasteiger partial charge in [0.05, 0.1) is 23.4 Å². The number of nitrogens with zero attached hydrogens (tertiary/aromatic N) is 2. The van der Waals surface area contributed by atoms with E-state index >= 15 is 0 Å². The molecule has 2 aromatic rings. The number of allylic oxidation sites excluding steroid dienone is 1. The minimum atomic E-state index is -1.34. The predicted octanol–water partition coefficient (Wildman–Crippen LogP) is 6.28. The number of hydrogen-bond donors (Lipinski definition) is 2. The van der Waals surface area contributed by atoms with Crippen LogP contribution in [0.15, 0.2) is 40.7 Å². The number of nitrogens with one attached hydrogen (secondary N) is 2. The van der Waals surface area contributed by atoms with Crippen LogP contribution in [-0.2, 0) is 14.3 Å². The smallest absolute Gasteiger partial charge is 0.407 e. The molecule has 0 saturated heterocycles. The molecular weight excluding hydrogens is 580 g/mol. The zero-order valence-electron chi connectivity index (χ0n) is 23.5. The molecule has 2 N–H and O–H groups in total. The van der Waals surface area contributed by atoms with Crippen molar-refractivity contribution in [3.8, 4) is 0 Å². The first kappa shape index (κ1) is 31.3. The van der Waals surface area contributed by atoms with Gasteiger partial charge in [0.25, 0.3) is 0 Å².